The van der Waals surface area contributed by atoms with Crippen LogP contribution >= 0.6 is 22.9 Å². The van der Waals surface area contributed by atoms with Gasteiger partial charge >= 0.3 is 6.03 Å². The third-order valence-corrected chi connectivity index (χ3v) is 4.25. The van der Waals surface area contributed by atoms with Crippen LogP contribution in [0.1, 0.15) is 11.3 Å². The van der Waals surface area contributed by atoms with Crippen LogP contribution in [0.25, 0.3) is 0 Å². The predicted octanol–water partition coefficient (Wildman–Crippen LogP) is 5.23. The molecule has 3 aromatic rings. The Kier molecular flexibility index (Phi) is 5.00. The van der Waals surface area contributed by atoms with E-state index in [4.69, 9.17) is 16.0 Å². The number of nitrogens with zero attached hydrogens (tertiary/aromatic N) is 1. The molecule has 1 N–H and O–H groups in total. The van der Waals surface area contributed by atoms with E-state index in [1.54, 1.807) is 46.8 Å². The summed E-state index contributed by atoms with van der Waals surface area (Å²) < 4.78 is 5.36. The molecule has 1 aromatic carbocycles. The van der Waals surface area contributed by atoms with Gasteiger partial charge in [-0.25, -0.2) is 4.79 Å². The van der Waals surface area contributed by atoms with Gasteiger partial charge in [-0.1, -0.05) is 11.6 Å². The van der Waals surface area contributed by atoms with Crippen LogP contribution in [0.2, 0.25) is 5.02 Å². The van der Waals surface area contributed by atoms with E-state index >= 15 is 0 Å². The number of carbonyl (C=O) groups is 1. The van der Waals surface area contributed by atoms with Gasteiger partial charge in [-0.2, -0.15) is 11.3 Å². The Labute approximate surface area is 143 Å². The number of thiophene rings is 1. The molecule has 6 heteroatoms. The number of carbonyl (C=O) groups excluding carboxylic acids is 1. The first-order valence-electron chi connectivity index (χ1n) is 7.05. The van der Waals surface area contributed by atoms with Gasteiger partial charge in [0, 0.05) is 17.3 Å². The second-order valence-electron chi connectivity index (χ2n) is 5.00. The summed E-state index contributed by atoms with van der Waals surface area (Å²) in [6, 6.07) is 12.5. The fourth-order valence-electron chi connectivity index (χ4n) is 2.13. The molecule has 0 radical (unpaired) electrons. The number of furan rings is 1. The van der Waals surface area contributed by atoms with Crippen LogP contribution in [0.5, 0.6) is 0 Å². The maximum atomic E-state index is 12.6. The van der Waals surface area contributed by atoms with Crippen molar-refractivity contribution in [2.45, 2.75) is 13.1 Å². The molecule has 0 aliphatic rings. The van der Waals surface area contributed by atoms with Gasteiger partial charge in [0.1, 0.15) is 5.76 Å². The Morgan fingerprint density at radius 2 is 2.00 bits per heavy atom. The Morgan fingerprint density at radius 3 is 2.65 bits per heavy atom. The summed E-state index contributed by atoms with van der Waals surface area (Å²) >= 11 is 7.48. The lowest BCUT2D eigenvalue weighted by molar-refractivity contribution is 0.201. The van der Waals surface area contributed by atoms with Gasteiger partial charge in [0.25, 0.3) is 0 Å². The summed E-state index contributed by atoms with van der Waals surface area (Å²) in [5, 5.41) is 7.55. The molecule has 2 amide bonds. The average Bonchev–Trinajstić information content (AvgIpc) is 3.22. The normalized spacial score (nSPS) is 10.5. The molecule has 0 spiro atoms. The molecule has 0 bridgehead atoms. The summed E-state index contributed by atoms with van der Waals surface area (Å²) in [6.07, 6.45) is 1.61. The first-order valence-corrected chi connectivity index (χ1v) is 8.38. The summed E-state index contributed by atoms with van der Waals surface area (Å²) in [4.78, 5) is 14.3. The van der Waals surface area contributed by atoms with Crippen LogP contribution in [0, 0.1) is 0 Å². The fraction of sp³-hybridized carbons (Fsp3) is 0.118. The molecule has 23 heavy (non-hydrogen) atoms. The van der Waals surface area contributed by atoms with Gasteiger partial charge in [-0.15, -0.1) is 0 Å². The van der Waals surface area contributed by atoms with E-state index in [0.717, 1.165) is 11.3 Å². The number of halogens is 1. The SMILES string of the molecule is O=C(Nc1ccc(Cl)cc1)N(Cc1ccsc1)Cc1ccco1. The molecule has 4 nitrogen and oxygen atoms in total. The monoisotopic (exact) mass is 346 g/mol. The highest BCUT2D eigenvalue weighted by atomic mass is 35.5. The zero-order chi connectivity index (χ0) is 16.1. The minimum Gasteiger partial charge on any atom is -0.467 e. The van der Waals surface area contributed by atoms with E-state index in [2.05, 4.69) is 5.32 Å². The third kappa shape index (κ3) is 4.37. The Bertz CT molecular complexity index is 703. The maximum Gasteiger partial charge on any atom is 0.322 e. The molecule has 0 aliphatic heterocycles. The minimum absolute atomic E-state index is 0.185. The van der Waals surface area contributed by atoms with Crippen molar-refractivity contribution >= 4 is 34.7 Å². The molecule has 3 rings (SSSR count). The summed E-state index contributed by atoms with van der Waals surface area (Å²) in [5.74, 6) is 0.742. The molecule has 0 saturated carbocycles. The number of anilines is 1. The van der Waals surface area contributed by atoms with Gasteiger partial charge < -0.3 is 14.6 Å². The van der Waals surface area contributed by atoms with Crippen molar-refractivity contribution in [2.24, 2.45) is 0 Å². The zero-order valence-corrected chi connectivity index (χ0v) is 13.8. The quantitative estimate of drug-likeness (QED) is 0.687. The minimum atomic E-state index is -0.185. The lowest BCUT2D eigenvalue weighted by atomic mass is 10.3. The van der Waals surface area contributed by atoms with Crippen molar-refractivity contribution < 1.29 is 9.21 Å². The van der Waals surface area contributed by atoms with E-state index in [1.807, 2.05) is 29.0 Å². The Hall–Kier alpha value is -2.24. The number of urea groups is 1. The van der Waals surface area contributed by atoms with Crippen molar-refractivity contribution in [1.29, 1.82) is 0 Å². The molecule has 0 atom stereocenters. The summed E-state index contributed by atoms with van der Waals surface area (Å²) in [6.45, 7) is 0.923. The van der Waals surface area contributed by atoms with Gasteiger partial charge in [0.2, 0.25) is 0 Å². The second kappa shape index (κ2) is 7.35. The van der Waals surface area contributed by atoms with Crippen LogP contribution in [-0.2, 0) is 13.1 Å². The molecule has 0 saturated heterocycles. The van der Waals surface area contributed by atoms with Crippen LogP contribution in [0.15, 0.2) is 63.9 Å². The molecular weight excluding hydrogens is 332 g/mol. The standard InChI is InChI=1S/C17H15ClN2O2S/c18-14-3-5-15(6-4-14)19-17(21)20(10-13-7-9-23-12-13)11-16-2-1-8-22-16/h1-9,12H,10-11H2,(H,19,21). The highest BCUT2D eigenvalue weighted by Crippen LogP contribution is 2.17. The average molecular weight is 347 g/mol. The molecular formula is C17H15ClN2O2S. The van der Waals surface area contributed by atoms with Gasteiger partial charge in [0.15, 0.2) is 0 Å². The number of rotatable bonds is 5. The third-order valence-electron chi connectivity index (χ3n) is 3.26. The first-order chi connectivity index (χ1) is 11.2. The van der Waals surface area contributed by atoms with E-state index < -0.39 is 0 Å². The molecule has 2 heterocycles. The maximum absolute atomic E-state index is 12.6. The van der Waals surface area contributed by atoms with Gasteiger partial charge in [0.05, 0.1) is 12.8 Å². The second-order valence-corrected chi connectivity index (χ2v) is 6.22. The van der Waals surface area contributed by atoms with E-state index in [9.17, 15) is 4.79 Å². The lowest BCUT2D eigenvalue weighted by Crippen LogP contribution is -2.33. The highest BCUT2D eigenvalue weighted by Gasteiger charge is 2.16. The summed E-state index contributed by atoms with van der Waals surface area (Å²) in [5.41, 5.74) is 1.79. The van der Waals surface area contributed by atoms with Crippen LogP contribution in [0.4, 0.5) is 10.5 Å². The largest absolute Gasteiger partial charge is 0.467 e. The number of nitrogens with one attached hydrogen (secondary N) is 1. The van der Waals surface area contributed by atoms with Crippen molar-refractivity contribution in [2.75, 3.05) is 5.32 Å². The van der Waals surface area contributed by atoms with Crippen molar-refractivity contribution in [1.82, 2.24) is 4.90 Å². The number of hydrogen-bond donors (Lipinski definition) is 1. The van der Waals surface area contributed by atoms with Crippen LogP contribution < -0.4 is 5.32 Å². The van der Waals surface area contributed by atoms with Crippen molar-refractivity contribution in [3.8, 4) is 0 Å². The summed E-state index contributed by atoms with van der Waals surface area (Å²) in [7, 11) is 0. The Morgan fingerprint density at radius 1 is 1.17 bits per heavy atom. The smallest absolute Gasteiger partial charge is 0.322 e. The first kappa shape index (κ1) is 15.6. The zero-order valence-electron chi connectivity index (χ0n) is 12.2. The van der Waals surface area contributed by atoms with Crippen molar-refractivity contribution in [3.63, 3.8) is 0 Å². The molecule has 0 fully saturated rings. The van der Waals surface area contributed by atoms with Crippen LogP contribution in [-0.4, -0.2) is 10.9 Å². The molecule has 0 aliphatic carbocycles. The van der Waals surface area contributed by atoms with Crippen LogP contribution in [0.3, 0.4) is 0 Å². The fourth-order valence-corrected chi connectivity index (χ4v) is 2.91. The topological polar surface area (TPSA) is 45.5 Å². The van der Waals surface area contributed by atoms with E-state index in [0.29, 0.717) is 23.8 Å². The van der Waals surface area contributed by atoms with Gasteiger partial charge in [-0.3, -0.25) is 0 Å². The molecule has 118 valence electrons. The molecule has 2 aromatic heterocycles. The number of benzene rings is 1. The lowest BCUT2D eigenvalue weighted by Gasteiger charge is -2.22. The van der Waals surface area contributed by atoms with E-state index in [1.165, 1.54) is 0 Å². The van der Waals surface area contributed by atoms with Gasteiger partial charge in [-0.05, 0) is 58.8 Å². The van der Waals surface area contributed by atoms with E-state index in [-0.39, 0.29) is 6.03 Å². The number of hydrogen-bond acceptors (Lipinski definition) is 3. The predicted molar refractivity (Wildman–Crippen MR) is 92.7 cm³/mol. The molecule has 0 unspecified atom stereocenters. The highest BCUT2D eigenvalue weighted by molar-refractivity contribution is 7.07. The van der Waals surface area contributed by atoms with Crippen molar-refractivity contribution in [3.05, 3.63) is 75.8 Å². The Balaban J connectivity index is 1.73. The number of amides is 2.